The maximum Gasteiger partial charge on any atom is 0.0683 e. The van der Waals surface area contributed by atoms with Crippen molar-refractivity contribution < 1.29 is 10.2 Å². The Hall–Kier alpha value is -0.0800. The summed E-state index contributed by atoms with van der Waals surface area (Å²) in [6, 6.07) is 0. The first kappa shape index (κ1) is 11.0. The Morgan fingerprint density at radius 3 is 2.12 bits per heavy atom. The highest BCUT2D eigenvalue weighted by molar-refractivity contribution is 5.14. The Morgan fingerprint density at radius 1 is 1.00 bits per heavy atom. The summed E-state index contributed by atoms with van der Waals surface area (Å²) in [5.74, 6) is 0.586. The van der Waals surface area contributed by atoms with Crippen LogP contribution in [0.3, 0.4) is 0 Å². The Labute approximate surface area is 98.1 Å². The zero-order valence-electron chi connectivity index (χ0n) is 10.3. The molecular weight excluding hydrogens is 200 g/mol. The smallest absolute Gasteiger partial charge is 0.0683 e. The number of hydrogen-bond donors (Lipinski definition) is 2. The van der Waals surface area contributed by atoms with E-state index < -0.39 is 11.2 Å². The minimum atomic E-state index is -0.526. The second-order valence-corrected chi connectivity index (χ2v) is 7.06. The predicted molar refractivity (Wildman–Crippen MR) is 63.0 cm³/mol. The first-order valence-electron chi connectivity index (χ1n) is 6.91. The van der Waals surface area contributed by atoms with E-state index in [-0.39, 0.29) is 5.41 Å². The van der Waals surface area contributed by atoms with Crippen molar-refractivity contribution in [3.05, 3.63) is 0 Å². The fraction of sp³-hybridized carbons (Fsp3) is 1.00. The third kappa shape index (κ3) is 1.62. The van der Waals surface area contributed by atoms with Crippen LogP contribution in [-0.4, -0.2) is 21.4 Å². The normalized spacial score (nSPS) is 54.6. The molecular formula is C14H24O2. The summed E-state index contributed by atoms with van der Waals surface area (Å²) >= 11 is 0. The molecule has 0 aromatic rings. The van der Waals surface area contributed by atoms with Gasteiger partial charge in [-0.15, -0.1) is 0 Å². The van der Waals surface area contributed by atoms with Crippen molar-refractivity contribution in [3.63, 3.8) is 0 Å². The van der Waals surface area contributed by atoms with Crippen molar-refractivity contribution >= 4 is 0 Å². The summed E-state index contributed by atoms with van der Waals surface area (Å²) in [5.41, 5.74) is -0.775. The van der Waals surface area contributed by atoms with Crippen LogP contribution in [0.15, 0.2) is 0 Å². The summed E-state index contributed by atoms with van der Waals surface area (Å²) in [5, 5.41) is 21.1. The average molecular weight is 224 g/mol. The molecule has 0 saturated heterocycles. The fourth-order valence-corrected chi connectivity index (χ4v) is 5.36. The molecule has 4 bridgehead atoms. The summed E-state index contributed by atoms with van der Waals surface area (Å²) in [6.07, 6.45) is 9.40. The first-order chi connectivity index (χ1) is 7.47. The van der Waals surface area contributed by atoms with Crippen molar-refractivity contribution in [2.45, 2.75) is 75.9 Å². The number of aliphatic hydroxyl groups is 2. The number of rotatable bonds is 3. The van der Waals surface area contributed by atoms with Crippen molar-refractivity contribution in [3.8, 4) is 0 Å². The largest absolute Gasteiger partial charge is 0.390 e. The van der Waals surface area contributed by atoms with Crippen LogP contribution in [0.2, 0.25) is 0 Å². The molecule has 2 nitrogen and oxygen atoms in total. The van der Waals surface area contributed by atoms with Crippen LogP contribution in [0.5, 0.6) is 0 Å². The maximum absolute atomic E-state index is 10.6. The van der Waals surface area contributed by atoms with E-state index in [4.69, 9.17) is 0 Å². The Bertz CT molecular complexity index is 281. The molecule has 0 spiro atoms. The van der Waals surface area contributed by atoms with Gasteiger partial charge >= 0.3 is 0 Å². The molecule has 2 unspecified atom stereocenters. The molecule has 2 atom stereocenters. The second kappa shape index (κ2) is 3.23. The molecule has 0 aromatic heterocycles. The fourth-order valence-electron chi connectivity index (χ4n) is 5.36. The lowest BCUT2D eigenvalue weighted by Crippen LogP contribution is -2.63. The highest BCUT2D eigenvalue weighted by Crippen LogP contribution is 2.64. The van der Waals surface area contributed by atoms with Crippen LogP contribution in [0.1, 0.15) is 64.7 Å². The van der Waals surface area contributed by atoms with E-state index in [1.165, 1.54) is 25.7 Å². The van der Waals surface area contributed by atoms with Crippen LogP contribution in [-0.2, 0) is 0 Å². The molecule has 0 aliphatic heterocycles. The zero-order chi connectivity index (χ0) is 11.4. The predicted octanol–water partition coefficient (Wildman–Crippen LogP) is 2.62. The Kier molecular flexibility index (Phi) is 2.23. The molecule has 2 heteroatoms. The van der Waals surface area contributed by atoms with E-state index in [1.807, 2.05) is 0 Å². The van der Waals surface area contributed by atoms with E-state index in [2.05, 4.69) is 6.92 Å². The SMILES string of the molecule is CCCCC12CC3CC(O)(CC(O)(C3)C1)C2. The molecule has 4 saturated carbocycles. The van der Waals surface area contributed by atoms with Crippen molar-refractivity contribution in [1.82, 2.24) is 0 Å². The molecule has 0 heterocycles. The van der Waals surface area contributed by atoms with Crippen LogP contribution < -0.4 is 0 Å². The number of hydrogen-bond acceptors (Lipinski definition) is 2. The number of unbranched alkanes of at least 4 members (excludes halogenated alkanes) is 1. The monoisotopic (exact) mass is 224 g/mol. The first-order valence-corrected chi connectivity index (χ1v) is 6.91. The zero-order valence-corrected chi connectivity index (χ0v) is 10.3. The van der Waals surface area contributed by atoms with Gasteiger partial charge in [-0.05, 0) is 49.9 Å². The van der Waals surface area contributed by atoms with Gasteiger partial charge in [0.05, 0.1) is 11.2 Å². The summed E-state index contributed by atoms with van der Waals surface area (Å²) in [7, 11) is 0. The van der Waals surface area contributed by atoms with Gasteiger partial charge in [-0.3, -0.25) is 0 Å². The van der Waals surface area contributed by atoms with Crippen LogP contribution in [0, 0.1) is 11.3 Å². The van der Waals surface area contributed by atoms with E-state index in [0.717, 1.165) is 25.7 Å². The van der Waals surface area contributed by atoms with Crippen LogP contribution >= 0.6 is 0 Å². The van der Waals surface area contributed by atoms with Gasteiger partial charge in [-0.2, -0.15) is 0 Å². The maximum atomic E-state index is 10.6. The third-order valence-electron chi connectivity index (χ3n) is 5.19. The standard InChI is InChI=1S/C14H24O2/c1-2-3-4-12-5-11-6-13(15,8-12)10-14(16,7-11)9-12/h11,15-16H,2-10H2,1H3. The quantitative estimate of drug-likeness (QED) is 0.773. The molecule has 4 rings (SSSR count). The van der Waals surface area contributed by atoms with Gasteiger partial charge in [0.25, 0.3) is 0 Å². The molecule has 92 valence electrons. The summed E-state index contributed by atoms with van der Waals surface area (Å²) in [6.45, 7) is 2.23. The lowest BCUT2D eigenvalue weighted by Gasteiger charge is -2.63. The van der Waals surface area contributed by atoms with Gasteiger partial charge in [-0.25, -0.2) is 0 Å². The summed E-state index contributed by atoms with van der Waals surface area (Å²) in [4.78, 5) is 0. The molecule has 2 N–H and O–H groups in total. The Morgan fingerprint density at radius 2 is 1.62 bits per heavy atom. The second-order valence-electron chi connectivity index (χ2n) is 7.06. The average Bonchev–Trinajstić information content (AvgIpc) is 2.08. The minimum Gasteiger partial charge on any atom is -0.390 e. The molecule has 0 amide bonds. The van der Waals surface area contributed by atoms with E-state index in [0.29, 0.717) is 12.3 Å². The molecule has 0 radical (unpaired) electrons. The van der Waals surface area contributed by atoms with Crippen molar-refractivity contribution in [2.24, 2.45) is 11.3 Å². The van der Waals surface area contributed by atoms with Crippen LogP contribution in [0.4, 0.5) is 0 Å². The van der Waals surface area contributed by atoms with E-state index in [9.17, 15) is 10.2 Å². The molecule has 4 aliphatic carbocycles. The molecule has 16 heavy (non-hydrogen) atoms. The van der Waals surface area contributed by atoms with Gasteiger partial charge in [0.1, 0.15) is 0 Å². The highest BCUT2D eigenvalue weighted by Gasteiger charge is 2.62. The molecule has 4 fully saturated rings. The van der Waals surface area contributed by atoms with E-state index in [1.54, 1.807) is 0 Å². The van der Waals surface area contributed by atoms with Gasteiger partial charge in [-0.1, -0.05) is 19.8 Å². The van der Waals surface area contributed by atoms with E-state index >= 15 is 0 Å². The van der Waals surface area contributed by atoms with Gasteiger partial charge in [0, 0.05) is 6.42 Å². The van der Waals surface area contributed by atoms with Gasteiger partial charge in [0.15, 0.2) is 0 Å². The van der Waals surface area contributed by atoms with Gasteiger partial charge in [0.2, 0.25) is 0 Å². The lowest BCUT2D eigenvalue weighted by atomic mass is 9.45. The molecule has 4 aliphatic rings. The molecule has 0 aromatic carbocycles. The van der Waals surface area contributed by atoms with Crippen LogP contribution in [0.25, 0.3) is 0 Å². The topological polar surface area (TPSA) is 40.5 Å². The lowest BCUT2D eigenvalue weighted by molar-refractivity contribution is -0.231. The third-order valence-corrected chi connectivity index (χ3v) is 5.19. The van der Waals surface area contributed by atoms with Crippen molar-refractivity contribution in [1.29, 1.82) is 0 Å². The minimum absolute atomic E-state index is 0.277. The highest BCUT2D eigenvalue weighted by atomic mass is 16.3. The van der Waals surface area contributed by atoms with Gasteiger partial charge < -0.3 is 10.2 Å². The Balaban J connectivity index is 1.86. The van der Waals surface area contributed by atoms with Crippen molar-refractivity contribution in [2.75, 3.05) is 0 Å². The summed E-state index contributed by atoms with van der Waals surface area (Å²) < 4.78 is 0.